The molecule has 0 aliphatic carbocycles. The smallest absolute Gasteiger partial charge is 0.124 e. The van der Waals surface area contributed by atoms with Gasteiger partial charge < -0.3 is 5.11 Å². The average molecular weight is 430 g/mol. The fraction of sp³-hybridized carbons (Fsp3) is 0.321. The van der Waals surface area contributed by atoms with E-state index >= 15 is 0 Å². The minimum Gasteiger partial charge on any atom is -0.508 e. The van der Waals surface area contributed by atoms with Crippen LogP contribution in [-0.2, 0) is 6.42 Å². The Morgan fingerprint density at radius 3 is 2.10 bits per heavy atom. The summed E-state index contributed by atoms with van der Waals surface area (Å²) in [5.41, 5.74) is 5.98. The number of nitrogens with zero attached hydrogens (tertiary/aromatic N) is 1. The van der Waals surface area contributed by atoms with E-state index in [2.05, 4.69) is 49.4 Å². The normalized spacial score (nSPS) is 11.3. The van der Waals surface area contributed by atoms with E-state index in [9.17, 15) is 5.11 Å². The van der Waals surface area contributed by atoms with Crippen LogP contribution in [0.5, 0.6) is 5.75 Å². The van der Waals surface area contributed by atoms with E-state index in [0.29, 0.717) is 0 Å². The van der Waals surface area contributed by atoms with Gasteiger partial charge in [-0.3, -0.25) is 0 Å². The number of aryl methyl sites for hydroxylation is 1. The lowest BCUT2D eigenvalue weighted by molar-refractivity contribution is 0.475. The van der Waals surface area contributed by atoms with Gasteiger partial charge in [0, 0.05) is 5.56 Å². The number of thiazole rings is 1. The van der Waals surface area contributed by atoms with Crippen LogP contribution in [0.4, 0.5) is 0 Å². The molecular formula is C28H31NOS. The van der Waals surface area contributed by atoms with Gasteiger partial charge in [-0.1, -0.05) is 75.8 Å². The van der Waals surface area contributed by atoms with Crippen molar-refractivity contribution in [2.75, 3.05) is 0 Å². The van der Waals surface area contributed by atoms with Gasteiger partial charge in [-0.05, 0) is 65.9 Å². The summed E-state index contributed by atoms with van der Waals surface area (Å²) >= 11 is 1.70. The number of rotatable bonds is 10. The molecule has 0 fully saturated rings. The van der Waals surface area contributed by atoms with Gasteiger partial charge in [-0.15, -0.1) is 11.3 Å². The molecule has 3 heteroatoms. The van der Waals surface area contributed by atoms with E-state index in [1.807, 2.05) is 12.1 Å². The highest BCUT2D eigenvalue weighted by Crippen LogP contribution is 2.33. The molecule has 0 saturated carbocycles. The molecule has 0 radical (unpaired) electrons. The maximum Gasteiger partial charge on any atom is 0.124 e. The molecule has 3 aromatic carbocycles. The van der Waals surface area contributed by atoms with Gasteiger partial charge in [-0.2, -0.15) is 0 Å². The van der Waals surface area contributed by atoms with Crippen molar-refractivity contribution >= 4 is 21.6 Å². The van der Waals surface area contributed by atoms with Crippen LogP contribution in [0.25, 0.3) is 31.9 Å². The van der Waals surface area contributed by atoms with Crippen LogP contribution in [0, 0.1) is 0 Å². The van der Waals surface area contributed by atoms with Crippen LogP contribution >= 0.6 is 11.3 Å². The molecule has 0 saturated heterocycles. The number of hydrogen-bond donors (Lipinski definition) is 1. The first-order valence-electron chi connectivity index (χ1n) is 11.5. The molecule has 0 aliphatic rings. The molecule has 0 bridgehead atoms. The zero-order chi connectivity index (χ0) is 21.5. The van der Waals surface area contributed by atoms with Gasteiger partial charge in [0.05, 0.1) is 10.2 Å². The Bertz CT molecular complexity index is 1100. The lowest BCUT2D eigenvalue weighted by Gasteiger charge is -2.05. The second-order valence-electron chi connectivity index (χ2n) is 8.32. The number of hydrogen-bond acceptors (Lipinski definition) is 3. The average Bonchev–Trinajstić information content (AvgIpc) is 3.23. The van der Waals surface area contributed by atoms with E-state index in [1.54, 1.807) is 23.5 Å². The highest BCUT2D eigenvalue weighted by atomic mass is 32.1. The maximum atomic E-state index is 9.51. The molecule has 2 nitrogen and oxygen atoms in total. The van der Waals surface area contributed by atoms with Crippen LogP contribution in [0.15, 0.2) is 66.7 Å². The van der Waals surface area contributed by atoms with Crippen LogP contribution in [0.1, 0.15) is 57.4 Å². The topological polar surface area (TPSA) is 33.1 Å². The molecule has 4 aromatic rings. The van der Waals surface area contributed by atoms with Crippen molar-refractivity contribution in [3.05, 3.63) is 72.3 Å². The highest BCUT2D eigenvalue weighted by molar-refractivity contribution is 7.21. The van der Waals surface area contributed by atoms with E-state index < -0.39 is 0 Å². The summed E-state index contributed by atoms with van der Waals surface area (Å²) in [6.07, 6.45) is 10.7. The zero-order valence-corrected chi connectivity index (χ0v) is 19.1. The predicted molar refractivity (Wildman–Crippen MR) is 134 cm³/mol. The molecule has 0 amide bonds. The van der Waals surface area contributed by atoms with E-state index in [-0.39, 0.29) is 5.75 Å². The van der Waals surface area contributed by atoms with E-state index in [4.69, 9.17) is 4.98 Å². The molecular weight excluding hydrogens is 398 g/mol. The number of benzene rings is 3. The molecule has 0 atom stereocenters. The fourth-order valence-electron chi connectivity index (χ4n) is 3.98. The third-order valence-electron chi connectivity index (χ3n) is 5.86. The second-order valence-corrected chi connectivity index (χ2v) is 9.35. The Morgan fingerprint density at radius 2 is 1.35 bits per heavy atom. The van der Waals surface area contributed by atoms with Gasteiger partial charge in [0.2, 0.25) is 0 Å². The largest absolute Gasteiger partial charge is 0.508 e. The molecule has 0 spiro atoms. The summed E-state index contributed by atoms with van der Waals surface area (Å²) in [5, 5.41) is 10.5. The molecule has 4 rings (SSSR count). The number of aromatic hydroxyl groups is 1. The Kier molecular flexibility index (Phi) is 7.37. The minimum absolute atomic E-state index is 0.280. The molecule has 0 aliphatic heterocycles. The van der Waals surface area contributed by atoms with Gasteiger partial charge in [-0.25, -0.2) is 4.98 Å². The van der Waals surface area contributed by atoms with Crippen molar-refractivity contribution < 1.29 is 5.11 Å². The standard InChI is InChI=1S/C28H31NOS/c1-2-3-4-5-6-7-8-9-21-10-12-22(13-11-21)24-16-19-26-27(20-24)31-28(29-26)23-14-17-25(30)18-15-23/h10-20,30H,2-9H2,1H3. The van der Waals surface area contributed by atoms with Crippen molar-refractivity contribution in [1.82, 2.24) is 4.98 Å². The number of unbranched alkanes of at least 4 members (excludes halogenated alkanes) is 6. The van der Waals surface area contributed by atoms with Crippen molar-refractivity contribution in [2.45, 2.75) is 58.3 Å². The zero-order valence-electron chi connectivity index (χ0n) is 18.3. The second kappa shape index (κ2) is 10.6. The summed E-state index contributed by atoms with van der Waals surface area (Å²) in [4.78, 5) is 4.76. The van der Waals surface area contributed by atoms with E-state index in [0.717, 1.165) is 16.1 Å². The number of aromatic nitrogens is 1. The molecule has 1 N–H and O–H groups in total. The lowest BCUT2D eigenvalue weighted by atomic mass is 10.0. The third-order valence-corrected chi connectivity index (χ3v) is 6.93. The van der Waals surface area contributed by atoms with E-state index in [1.165, 1.54) is 72.8 Å². The van der Waals surface area contributed by atoms with Crippen LogP contribution in [-0.4, -0.2) is 10.1 Å². The van der Waals surface area contributed by atoms with Gasteiger partial charge in [0.25, 0.3) is 0 Å². The number of fused-ring (bicyclic) bond motifs is 1. The third kappa shape index (κ3) is 5.74. The summed E-state index contributed by atoms with van der Waals surface area (Å²) in [6.45, 7) is 2.27. The predicted octanol–water partition coefficient (Wildman–Crippen LogP) is 8.63. The molecule has 0 unspecified atom stereocenters. The van der Waals surface area contributed by atoms with Crippen molar-refractivity contribution in [2.24, 2.45) is 0 Å². The molecule has 1 aromatic heterocycles. The van der Waals surface area contributed by atoms with Crippen LogP contribution in [0.2, 0.25) is 0 Å². The lowest BCUT2D eigenvalue weighted by Crippen LogP contribution is -1.87. The molecule has 31 heavy (non-hydrogen) atoms. The van der Waals surface area contributed by atoms with Crippen LogP contribution in [0.3, 0.4) is 0 Å². The van der Waals surface area contributed by atoms with Crippen molar-refractivity contribution in [3.63, 3.8) is 0 Å². The Balaban J connectivity index is 1.38. The Labute approximate surface area is 189 Å². The maximum absolute atomic E-state index is 9.51. The highest BCUT2D eigenvalue weighted by Gasteiger charge is 2.08. The SMILES string of the molecule is CCCCCCCCCc1ccc(-c2ccc3nc(-c4ccc(O)cc4)sc3c2)cc1. The first-order valence-corrected chi connectivity index (χ1v) is 12.3. The summed E-state index contributed by atoms with van der Waals surface area (Å²) < 4.78 is 1.19. The first-order chi connectivity index (χ1) is 15.2. The van der Waals surface area contributed by atoms with Crippen LogP contribution < -0.4 is 0 Å². The Hall–Kier alpha value is -2.65. The fourth-order valence-corrected chi connectivity index (χ4v) is 4.99. The molecule has 160 valence electrons. The quantitative estimate of drug-likeness (QED) is 0.256. The number of phenolic OH excluding ortho intramolecular Hbond substituents is 1. The van der Waals surface area contributed by atoms with Crippen molar-refractivity contribution in [3.8, 4) is 27.4 Å². The molecule has 1 heterocycles. The minimum atomic E-state index is 0.280. The number of phenols is 1. The van der Waals surface area contributed by atoms with Gasteiger partial charge in [0.1, 0.15) is 10.8 Å². The first kappa shape index (κ1) is 21.6. The summed E-state index contributed by atoms with van der Waals surface area (Å²) in [7, 11) is 0. The van der Waals surface area contributed by atoms with Gasteiger partial charge >= 0.3 is 0 Å². The van der Waals surface area contributed by atoms with Gasteiger partial charge in [0.15, 0.2) is 0 Å². The summed E-state index contributed by atoms with van der Waals surface area (Å²) in [6, 6.07) is 22.8. The summed E-state index contributed by atoms with van der Waals surface area (Å²) in [5.74, 6) is 0.280. The Morgan fingerprint density at radius 1 is 0.710 bits per heavy atom. The van der Waals surface area contributed by atoms with Crippen molar-refractivity contribution in [1.29, 1.82) is 0 Å². The monoisotopic (exact) mass is 429 g/mol.